The van der Waals surface area contributed by atoms with Crippen molar-refractivity contribution in [2.75, 3.05) is 11.9 Å². The Labute approximate surface area is 137 Å². The van der Waals surface area contributed by atoms with Crippen molar-refractivity contribution in [1.29, 1.82) is 0 Å². The normalized spacial score (nSPS) is 13.3. The number of urea groups is 1. The van der Waals surface area contributed by atoms with E-state index in [4.69, 9.17) is 0 Å². The monoisotopic (exact) mass is 331 g/mol. The van der Waals surface area contributed by atoms with Gasteiger partial charge in [-0.05, 0) is 35.4 Å². The Morgan fingerprint density at radius 2 is 2.35 bits per heavy atom. The summed E-state index contributed by atoms with van der Waals surface area (Å²) < 4.78 is 0. The van der Waals surface area contributed by atoms with Crippen molar-refractivity contribution in [2.24, 2.45) is 0 Å². The van der Waals surface area contributed by atoms with Gasteiger partial charge in [0.2, 0.25) is 5.91 Å². The lowest BCUT2D eigenvalue weighted by Crippen LogP contribution is -2.36. The van der Waals surface area contributed by atoms with Gasteiger partial charge in [-0.15, -0.1) is 0 Å². The lowest BCUT2D eigenvalue weighted by Gasteiger charge is -2.15. The third kappa shape index (κ3) is 3.42. The van der Waals surface area contributed by atoms with Gasteiger partial charge in [0.15, 0.2) is 5.82 Å². The van der Waals surface area contributed by atoms with Gasteiger partial charge in [-0.25, -0.2) is 4.79 Å². The second-order valence-corrected chi connectivity index (χ2v) is 5.88. The molecule has 3 amide bonds. The quantitative estimate of drug-likeness (QED) is 0.750. The molecule has 0 saturated carbocycles. The number of amides is 3. The zero-order valence-electron chi connectivity index (χ0n) is 12.6. The molecule has 0 fully saturated rings. The number of aromatic amines is 1. The Bertz CT molecular complexity index is 735. The van der Waals surface area contributed by atoms with Crippen LogP contribution in [0.5, 0.6) is 0 Å². The number of hydrogen-bond donors (Lipinski definition) is 3. The Balaban J connectivity index is 1.63. The summed E-state index contributed by atoms with van der Waals surface area (Å²) in [6.45, 7) is 3.36. The number of rotatable bonds is 4. The molecule has 2 aromatic rings. The summed E-state index contributed by atoms with van der Waals surface area (Å²) >= 11 is 1.58. The van der Waals surface area contributed by atoms with Gasteiger partial charge in [0, 0.05) is 18.2 Å². The van der Waals surface area contributed by atoms with Crippen LogP contribution in [0.2, 0.25) is 0 Å². The van der Waals surface area contributed by atoms with Crippen LogP contribution in [0.1, 0.15) is 23.7 Å². The van der Waals surface area contributed by atoms with Crippen LogP contribution in [-0.2, 0) is 17.9 Å². The highest BCUT2D eigenvalue weighted by Gasteiger charge is 2.28. The summed E-state index contributed by atoms with van der Waals surface area (Å²) in [5.74, 6) is 0.230. The Hall–Kier alpha value is -2.61. The molecule has 120 valence electrons. The van der Waals surface area contributed by atoms with Crippen LogP contribution in [0.25, 0.3) is 6.08 Å². The number of aromatic nitrogens is 2. The molecule has 0 aliphatic carbocycles. The van der Waals surface area contributed by atoms with Crippen molar-refractivity contribution in [1.82, 2.24) is 20.4 Å². The molecule has 2 aromatic heterocycles. The van der Waals surface area contributed by atoms with Crippen LogP contribution in [0, 0.1) is 0 Å². The number of hydrogen-bond acceptors (Lipinski definition) is 4. The number of nitrogens with zero attached hydrogens (tertiary/aromatic N) is 2. The average molecular weight is 331 g/mol. The molecule has 0 spiro atoms. The van der Waals surface area contributed by atoms with Crippen LogP contribution in [0.4, 0.5) is 10.6 Å². The number of fused-ring (bicyclic) bond motifs is 1. The van der Waals surface area contributed by atoms with E-state index in [1.54, 1.807) is 22.3 Å². The molecule has 3 heterocycles. The number of thiophene rings is 1. The van der Waals surface area contributed by atoms with Gasteiger partial charge >= 0.3 is 6.03 Å². The Morgan fingerprint density at radius 1 is 1.48 bits per heavy atom. The molecule has 1 aliphatic rings. The van der Waals surface area contributed by atoms with Gasteiger partial charge in [0.25, 0.3) is 0 Å². The largest absolute Gasteiger partial charge is 0.338 e. The van der Waals surface area contributed by atoms with Gasteiger partial charge in [0.05, 0.1) is 18.8 Å². The maximum atomic E-state index is 12.0. The van der Waals surface area contributed by atoms with Crippen molar-refractivity contribution >= 4 is 35.2 Å². The first-order chi connectivity index (χ1) is 11.2. The fourth-order valence-corrected chi connectivity index (χ4v) is 2.98. The van der Waals surface area contributed by atoms with Crippen LogP contribution >= 0.6 is 11.3 Å². The maximum Gasteiger partial charge on any atom is 0.318 e. The molecule has 3 rings (SSSR count). The number of carbonyl (C=O) groups excluding carboxylic acids is 2. The molecule has 0 bridgehead atoms. The fraction of sp³-hybridized carbons (Fsp3) is 0.267. The Kier molecular flexibility index (Phi) is 4.42. The minimum Gasteiger partial charge on any atom is -0.338 e. The second kappa shape index (κ2) is 6.66. The van der Waals surface area contributed by atoms with Crippen LogP contribution in [0.3, 0.4) is 0 Å². The van der Waals surface area contributed by atoms with E-state index in [0.717, 1.165) is 16.8 Å². The molecular formula is C15H17N5O2S. The first-order valence-corrected chi connectivity index (χ1v) is 8.21. The van der Waals surface area contributed by atoms with Crippen LogP contribution in [-0.4, -0.2) is 33.6 Å². The standard InChI is InChI=1S/C15H17N5O2S/c1-2-16-15(22)20-7-11-12(8-20)18-19-14(11)17-13(21)4-3-10-5-6-23-9-10/h3-6,9H,2,7-8H2,1H3,(H,16,22)(H2,17,18,19,21)/b4-3+. The van der Waals surface area contributed by atoms with Gasteiger partial charge in [-0.3, -0.25) is 9.89 Å². The Morgan fingerprint density at radius 3 is 3.09 bits per heavy atom. The van der Waals surface area contributed by atoms with E-state index in [-0.39, 0.29) is 11.9 Å². The van der Waals surface area contributed by atoms with E-state index >= 15 is 0 Å². The highest BCUT2D eigenvalue weighted by Crippen LogP contribution is 2.27. The summed E-state index contributed by atoms with van der Waals surface area (Å²) in [5, 5.41) is 16.4. The number of nitrogens with one attached hydrogen (secondary N) is 3. The van der Waals surface area contributed by atoms with E-state index in [0.29, 0.717) is 25.5 Å². The zero-order chi connectivity index (χ0) is 16.2. The third-order valence-electron chi connectivity index (χ3n) is 3.48. The van der Waals surface area contributed by atoms with Crippen molar-refractivity contribution < 1.29 is 9.59 Å². The van der Waals surface area contributed by atoms with Gasteiger partial charge < -0.3 is 15.5 Å². The summed E-state index contributed by atoms with van der Waals surface area (Å²) in [5.41, 5.74) is 2.70. The van der Waals surface area contributed by atoms with Crippen molar-refractivity contribution in [2.45, 2.75) is 20.0 Å². The van der Waals surface area contributed by atoms with Crippen LogP contribution < -0.4 is 10.6 Å². The lowest BCUT2D eigenvalue weighted by atomic mass is 10.2. The molecule has 0 radical (unpaired) electrons. The number of carbonyl (C=O) groups is 2. The molecule has 1 aliphatic heterocycles. The van der Waals surface area contributed by atoms with Crippen molar-refractivity contribution in [3.8, 4) is 0 Å². The fourth-order valence-electron chi connectivity index (χ4n) is 2.35. The summed E-state index contributed by atoms with van der Waals surface area (Å²) in [6, 6.07) is 1.82. The first kappa shape index (κ1) is 15.3. The predicted molar refractivity (Wildman–Crippen MR) is 88.9 cm³/mol. The third-order valence-corrected chi connectivity index (χ3v) is 4.18. The van der Waals surface area contributed by atoms with Crippen LogP contribution in [0.15, 0.2) is 22.9 Å². The highest BCUT2D eigenvalue weighted by atomic mass is 32.1. The average Bonchev–Trinajstić information content (AvgIpc) is 3.23. The van der Waals surface area contributed by atoms with E-state index in [2.05, 4.69) is 20.8 Å². The summed E-state index contributed by atoms with van der Waals surface area (Å²) in [4.78, 5) is 25.5. The minimum absolute atomic E-state index is 0.119. The molecule has 0 saturated heterocycles. The van der Waals surface area contributed by atoms with Gasteiger partial charge in [-0.1, -0.05) is 0 Å². The zero-order valence-corrected chi connectivity index (χ0v) is 13.4. The molecule has 8 heteroatoms. The molecule has 0 atom stereocenters. The number of anilines is 1. The molecule has 0 unspecified atom stereocenters. The molecular weight excluding hydrogens is 314 g/mol. The molecule has 0 aromatic carbocycles. The first-order valence-electron chi connectivity index (χ1n) is 7.27. The van der Waals surface area contributed by atoms with E-state index in [1.807, 2.05) is 23.8 Å². The second-order valence-electron chi connectivity index (χ2n) is 5.10. The van der Waals surface area contributed by atoms with Gasteiger partial charge in [-0.2, -0.15) is 16.4 Å². The topological polar surface area (TPSA) is 90.1 Å². The predicted octanol–water partition coefficient (Wildman–Crippen LogP) is 2.17. The smallest absolute Gasteiger partial charge is 0.318 e. The SMILES string of the molecule is CCNC(=O)N1Cc2[nH]nc(NC(=O)/C=C/c3ccsc3)c2C1. The minimum atomic E-state index is -0.248. The van der Waals surface area contributed by atoms with Crippen molar-refractivity contribution in [3.05, 3.63) is 39.7 Å². The summed E-state index contributed by atoms with van der Waals surface area (Å²) in [7, 11) is 0. The van der Waals surface area contributed by atoms with E-state index < -0.39 is 0 Å². The molecule has 3 N–H and O–H groups in total. The molecule has 7 nitrogen and oxygen atoms in total. The van der Waals surface area contributed by atoms with Gasteiger partial charge in [0.1, 0.15) is 0 Å². The van der Waals surface area contributed by atoms with Crippen molar-refractivity contribution in [3.63, 3.8) is 0 Å². The summed E-state index contributed by atoms with van der Waals surface area (Å²) in [6.07, 6.45) is 3.22. The van der Waals surface area contributed by atoms with E-state index in [1.165, 1.54) is 6.08 Å². The van der Waals surface area contributed by atoms with E-state index in [9.17, 15) is 9.59 Å². The molecule has 23 heavy (non-hydrogen) atoms. The lowest BCUT2D eigenvalue weighted by molar-refractivity contribution is -0.111. The number of H-pyrrole nitrogens is 1. The highest BCUT2D eigenvalue weighted by molar-refractivity contribution is 7.08. The maximum absolute atomic E-state index is 12.0.